The van der Waals surface area contributed by atoms with Crippen LogP contribution in [0.5, 0.6) is 5.75 Å². The second kappa shape index (κ2) is 10.5. The topological polar surface area (TPSA) is 93.7 Å². The molecule has 0 aliphatic carbocycles. The van der Waals surface area contributed by atoms with Crippen LogP contribution in [0, 0.1) is 0 Å². The highest BCUT2D eigenvalue weighted by molar-refractivity contribution is 7.10. The number of hydrogen-bond donors (Lipinski definition) is 2. The molecule has 0 unspecified atom stereocenters. The third-order valence-corrected chi connectivity index (χ3v) is 5.09. The van der Waals surface area contributed by atoms with Gasteiger partial charge in [-0.15, -0.1) is 11.3 Å². The molecule has 0 saturated heterocycles. The number of hydrogen-bond acceptors (Lipinski definition) is 6. The van der Waals surface area contributed by atoms with E-state index in [1.165, 1.54) is 25.4 Å². The lowest BCUT2D eigenvalue weighted by molar-refractivity contribution is -0.141. The van der Waals surface area contributed by atoms with Crippen LogP contribution in [0.25, 0.3) is 0 Å². The Hall–Kier alpha value is -2.87. The molecule has 2 rings (SSSR count). The average molecular weight is 404 g/mol. The fourth-order valence-corrected chi connectivity index (χ4v) is 3.51. The van der Waals surface area contributed by atoms with Crippen molar-refractivity contribution in [1.29, 1.82) is 0 Å². The Morgan fingerprint density at radius 3 is 2.25 bits per heavy atom. The Kier molecular flexibility index (Phi) is 8.01. The molecule has 150 valence electrons. The largest absolute Gasteiger partial charge is 0.497 e. The van der Waals surface area contributed by atoms with Crippen molar-refractivity contribution >= 4 is 29.1 Å². The van der Waals surface area contributed by atoms with Gasteiger partial charge < -0.3 is 20.1 Å². The maximum Gasteiger partial charge on any atom is 0.307 e. The molecule has 7 nitrogen and oxygen atoms in total. The van der Waals surface area contributed by atoms with Gasteiger partial charge in [0.2, 0.25) is 11.8 Å². The van der Waals surface area contributed by atoms with Gasteiger partial charge in [0.05, 0.1) is 39.1 Å². The molecule has 0 saturated carbocycles. The lowest BCUT2D eigenvalue weighted by Crippen LogP contribution is -2.35. The van der Waals surface area contributed by atoms with Crippen molar-refractivity contribution in [3.8, 4) is 5.75 Å². The second-order valence-corrected chi connectivity index (χ2v) is 7.13. The van der Waals surface area contributed by atoms with Gasteiger partial charge in [0.25, 0.3) is 0 Å². The normalized spacial score (nSPS) is 12.5. The first-order valence-corrected chi connectivity index (χ1v) is 9.61. The minimum Gasteiger partial charge on any atom is -0.497 e. The Labute approximate surface area is 168 Å². The smallest absolute Gasteiger partial charge is 0.307 e. The molecule has 0 aliphatic rings. The number of amides is 2. The molecule has 8 heteroatoms. The number of benzene rings is 1. The van der Waals surface area contributed by atoms with E-state index < -0.39 is 18.1 Å². The standard InChI is InChI=1S/C20H24N2O5S/c1-13(23)21-16(14-6-8-15(26-2)9-7-14)11-19(24)22-17(12-20(25)27-3)18-5-4-10-28-18/h4-10,16-17H,11-12H2,1-3H3,(H,21,23)(H,22,24)/t16-,17-/m1/s1. The molecule has 2 atom stereocenters. The van der Waals surface area contributed by atoms with Crippen LogP contribution in [0.15, 0.2) is 41.8 Å². The maximum atomic E-state index is 12.7. The summed E-state index contributed by atoms with van der Waals surface area (Å²) < 4.78 is 9.87. The van der Waals surface area contributed by atoms with Crippen LogP contribution >= 0.6 is 11.3 Å². The number of carbonyl (C=O) groups is 3. The SMILES string of the molecule is COC(=O)C[C@@H](NC(=O)C[C@@H](NC(C)=O)c1ccc(OC)cc1)c1cccs1. The van der Waals surface area contributed by atoms with E-state index in [9.17, 15) is 14.4 Å². The summed E-state index contributed by atoms with van der Waals surface area (Å²) in [5.41, 5.74) is 0.784. The Morgan fingerprint density at radius 1 is 1.00 bits per heavy atom. The van der Waals surface area contributed by atoms with Gasteiger partial charge >= 0.3 is 5.97 Å². The zero-order chi connectivity index (χ0) is 20.5. The Balaban J connectivity index is 2.11. The highest BCUT2D eigenvalue weighted by atomic mass is 32.1. The summed E-state index contributed by atoms with van der Waals surface area (Å²) in [7, 11) is 2.88. The van der Waals surface area contributed by atoms with E-state index in [1.54, 1.807) is 31.4 Å². The number of methoxy groups -OCH3 is 2. The van der Waals surface area contributed by atoms with Crippen LogP contribution in [0.2, 0.25) is 0 Å². The van der Waals surface area contributed by atoms with Crippen LogP contribution in [-0.2, 0) is 19.1 Å². The van der Waals surface area contributed by atoms with Crippen molar-refractivity contribution < 1.29 is 23.9 Å². The van der Waals surface area contributed by atoms with Crippen molar-refractivity contribution in [1.82, 2.24) is 10.6 Å². The number of carbonyl (C=O) groups excluding carboxylic acids is 3. The quantitative estimate of drug-likeness (QED) is 0.627. The second-order valence-electron chi connectivity index (χ2n) is 6.15. The highest BCUT2D eigenvalue weighted by Crippen LogP contribution is 2.24. The van der Waals surface area contributed by atoms with Crippen LogP contribution in [0.3, 0.4) is 0 Å². The summed E-state index contributed by atoms with van der Waals surface area (Å²) in [6.45, 7) is 1.40. The van der Waals surface area contributed by atoms with Gasteiger partial charge in [-0.05, 0) is 29.1 Å². The molecule has 1 aromatic carbocycles. The monoisotopic (exact) mass is 404 g/mol. The minimum atomic E-state index is -0.495. The Morgan fingerprint density at radius 2 is 1.71 bits per heavy atom. The van der Waals surface area contributed by atoms with Crippen molar-refractivity contribution in [2.45, 2.75) is 31.8 Å². The molecule has 28 heavy (non-hydrogen) atoms. The van der Waals surface area contributed by atoms with Crippen molar-refractivity contribution in [3.05, 3.63) is 52.2 Å². The number of rotatable bonds is 9. The van der Waals surface area contributed by atoms with Gasteiger partial charge in [-0.25, -0.2) is 0 Å². The van der Waals surface area contributed by atoms with Crippen LogP contribution in [0.4, 0.5) is 0 Å². The lowest BCUT2D eigenvalue weighted by Gasteiger charge is -2.21. The van der Waals surface area contributed by atoms with E-state index in [-0.39, 0.29) is 24.7 Å². The predicted molar refractivity (Wildman–Crippen MR) is 106 cm³/mol. The molecule has 2 amide bonds. The first-order chi connectivity index (χ1) is 13.4. The van der Waals surface area contributed by atoms with Crippen LogP contribution in [0.1, 0.15) is 42.3 Å². The Bertz CT molecular complexity index is 789. The number of thiophene rings is 1. The molecule has 2 aromatic rings. The van der Waals surface area contributed by atoms with Gasteiger partial charge in [-0.2, -0.15) is 0 Å². The minimum absolute atomic E-state index is 0.0367. The van der Waals surface area contributed by atoms with E-state index in [0.29, 0.717) is 5.75 Å². The summed E-state index contributed by atoms with van der Waals surface area (Å²) in [5, 5.41) is 7.55. The van der Waals surface area contributed by atoms with Gasteiger partial charge in [0, 0.05) is 11.8 Å². The summed E-state index contributed by atoms with van der Waals surface area (Å²) in [4.78, 5) is 36.8. The van der Waals surface area contributed by atoms with Crippen molar-refractivity contribution in [2.24, 2.45) is 0 Å². The summed E-state index contributed by atoms with van der Waals surface area (Å²) in [6, 6.07) is 9.89. The van der Waals surface area contributed by atoms with Crippen LogP contribution < -0.4 is 15.4 Å². The molecule has 0 spiro atoms. The van der Waals surface area contributed by atoms with E-state index in [2.05, 4.69) is 10.6 Å². The molecule has 2 N–H and O–H groups in total. The summed E-state index contributed by atoms with van der Waals surface area (Å²) in [6.07, 6.45) is 0.0745. The third kappa shape index (κ3) is 6.38. The zero-order valence-electron chi connectivity index (χ0n) is 16.1. The van der Waals surface area contributed by atoms with Gasteiger partial charge in [-0.3, -0.25) is 14.4 Å². The van der Waals surface area contributed by atoms with Crippen LogP contribution in [-0.4, -0.2) is 32.0 Å². The van der Waals surface area contributed by atoms with Gasteiger partial charge in [0.1, 0.15) is 5.75 Å². The van der Waals surface area contributed by atoms with E-state index in [0.717, 1.165) is 10.4 Å². The highest BCUT2D eigenvalue weighted by Gasteiger charge is 2.23. The van der Waals surface area contributed by atoms with Gasteiger partial charge in [-0.1, -0.05) is 18.2 Å². The maximum absolute atomic E-state index is 12.7. The van der Waals surface area contributed by atoms with E-state index in [1.807, 2.05) is 17.5 Å². The molecule has 1 heterocycles. The van der Waals surface area contributed by atoms with E-state index in [4.69, 9.17) is 9.47 Å². The molecule has 0 bridgehead atoms. The summed E-state index contributed by atoms with van der Waals surface area (Å²) >= 11 is 1.45. The first-order valence-electron chi connectivity index (χ1n) is 8.73. The molecule has 1 aromatic heterocycles. The number of ether oxygens (including phenoxy) is 2. The van der Waals surface area contributed by atoms with Gasteiger partial charge in [0.15, 0.2) is 0 Å². The average Bonchev–Trinajstić information content (AvgIpc) is 3.21. The lowest BCUT2D eigenvalue weighted by atomic mass is 10.0. The van der Waals surface area contributed by atoms with E-state index >= 15 is 0 Å². The van der Waals surface area contributed by atoms with Crippen molar-refractivity contribution in [3.63, 3.8) is 0 Å². The molecular formula is C20H24N2O5S. The van der Waals surface area contributed by atoms with Crippen molar-refractivity contribution in [2.75, 3.05) is 14.2 Å². The fourth-order valence-electron chi connectivity index (χ4n) is 2.73. The summed E-state index contributed by atoms with van der Waals surface area (Å²) in [5.74, 6) is -0.243. The molecule has 0 aliphatic heterocycles. The number of nitrogens with one attached hydrogen (secondary N) is 2. The molecular weight excluding hydrogens is 380 g/mol. The zero-order valence-corrected chi connectivity index (χ0v) is 16.9. The third-order valence-electron chi connectivity index (χ3n) is 4.11. The fraction of sp³-hybridized carbons (Fsp3) is 0.350. The molecule has 0 fully saturated rings. The molecule has 0 radical (unpaired) electrons. The predicted octanol–water partition coefficient (Wildman–Crippen LogP) is 2.74. The first kappa shape index (κ1) is 21.4. The number of esters is 1.